The molecule has 204 valence electrons. The maximum Gasteiger partial charge on any atom is 0.408 e. The minimum atomic E-state index is -0.844. The van der Waals surface area contributed by atoms with Gasteiger partial charge in [-0.3, -0.25) is 9.59 Å². The van der Waals surface area contributed by atoms with Crippen molar-refractivity contribution in [1.29, 1.82) is 0 Å². The number of aryl methyl sites for hydroxylation is 1. The summed E-state index contributed by atoms with van der Waals surface area (Å²) in [6.07, 6.45) is 2.38. The Bertz CT molecular complexity index is 905. The summed E-state index contributed by atoms with van der Waals surface area (Å²) in [6.45, 7) is 19.0. The Morgan fingerprint density at radius 2 is 1.69 bits per heavy atom. The number of carbonyl (C=O) groups excluding carboxylic acids is 3. The van der Waals surface area contributed by atoms with Gasteiger partial charge in [-0.05, 0) is 104 Å². The highest BCUT2D eigenvalue weighted by Gasteiger charge is 2.39. The first kappa shape index (κ1) is 31.8. The molecule has 0 heterocycles. The van der Waals surface area contributed by atoms with Gasteiger partial charge in [0, 0.05) is 11.6 Å². The van der Waals surface area contributed by atoms with E-state index in [0.717, 1.165) is 16.7 Å². The fourth-order valence-electron chi connectivity index (χ4n) is 3.84. The van der Waals surface area contributed by atoms with E-state index in [2.05, 4.69) is 10.6 Å². The van der Waals surface area contributed by atoms with E-state index in [4.69, 9.17) is 4.74 Å². The molecule has 0 fully saturated rings. The van der Waals surface area contributed by atoms with Gasteiger partial charge in [-0.15, -0.1) is 0 Å². The van der Waals surface area contributed by atoms with Crippen molar-refractivity contribution in [2.75, 3.05) is 12.0 Å². The molecule has 0 spiro atoms. The van der Waals surface area contributed by atoms with Crippen LogP contribution < -0.4 is 10.6 Å². The van der Waals surface area contributed by atoms with Gasteiger partial charge in [-0.2, -0.15) is 11.8 Å². The van der Waals surface area contributed by atoms with Gasteiger partial charge < -0.3 is 20.3 Å². The summed E-state index contributed by atoms with van der Waals surface area (Å²) < 4.78 is 5.45. The topological polar surface area (TPSA) is 87.7 Å². The summed E-state index contributed by atoms with van der Waals surface area (Å²) in [5.74, 6) is 0.132. The fourth-order valence-corrected chi connectivity index (χ4v) is 4.32. The molecule has 1 rings (SSSR count). The van der Waals surface area contributed by atoms with Gasteiger partial charge in [0.05, 0.1) is 0 Å². The molecule has 3 atom stereocenters. The van der Waals surface area contributed by atoms with E-state index in [0.29, 0.717) is 18.6 Å². The Morgan fingerprint density at radius 1 is 1.08 bits per heavy atom. The molecule has 0 radical (unpaired) electrons. The van der Waals surface area contributed by atoms with Crippen LogP contribution in [0.3, 0.4) is 0 Å². The standard InChI is InChI=1S/C28H47N3O4S/c1-12-19(3)31(25(33)22(16-17-36-11)29-26(34)35-28(8,9)10)23(24(32)30-27(5,6)7)21-15-13-14-18(2)20(21)4/h13-15,19,22-23H,12,16-17H2,1-11H3,(H,29,34)(H,30,32). The van der Waals surface area contributed by atoms with Crippen LogP contribution in [0.1, 0.15) is 91.0 Å². The van der Waals surface area contributed by atoms with Gasteiger partial charge >= 0.3 is 6.09 Å². The maximum atomic E-state index is 14.2. The van der Waals surface area contributed by atoms with Crippen LogP contribution in [0.2, 0.25) is 0 Å². The van der Waals surface area contributed by atoms with E-state index in [9.17, 15) is 14.4 Å². The third-order valence-electron chi connectivity index (χ3n) is 5.89. The van der Waals surface area contributed by atoms with Crippen molar-refractivity contribution >= 4 is 29.7 Å². The first-order valence-electron chi connectivity index (χ1n) is 12.7. The van der Waals surface area contributed by atoms with Gasteiger partial charge in [-0.1, -0.05) is 25.1 Å². The van der Waals surface area contributed by atoms with Crippen molar-refractivity contribution in [3.05, 3.63) is 34.9 Å². The average Bonchev–Trinajstić information content (AvgIpc) is 2.73. The second kappa shape index (κ2) is 13.4. The highest BCUT2D eigenvalue weighted by atomic mass is 32.2. The number of carbonyl (C=O) groups is 3. The monoisotopic (exact) mass is 521 g/mol. The lowest BCUT2D eigenvalue weighted by atomic mass is 9.93. The van der Waals surface area contributed by atoms with E-state index in [1.165, 1.54) is 0 Å². The van der Waals surface area contributed by atoms with E-state index in [-0.39, 0.29) is 17.9 Å². The number of hydrogen-bond acceptors (Lipinski definition) is 5. The molecule has 36 heavy (non-hydrogen) atoms. The van der Waals surface area contributed by atoms with Gasteiger partial charge in [0.15, 0.2) is 0 Å². The van der Waals surface area contributed by atoms with E-state index in [1.54, 1.807) is 37.4 Å². The Balaban J connectivity index is 3.62. The quantitative estimate of drug-likeness (QED) is 0.423. The summed E-state index contributed by atoms with van der Waals surface area (Å²) in [5, 5.41) is 5.87. The Morgan fingerprint density at radius 3 is 2.19 bits per heavy atom. The molecule has 0 aliphatic carbocycles. The largest absolute Gasteiger partial charge is 0.444 e. The molecule has 2 N–H and O–H groups in total. The second-order valence-electron chi connectivity index (χ2n) is 11.4. The molecule has 0 saturated carbocycles. The summed E-state index contributed by atoms with van der Waals surface area (Å²) in [5.41, 5.74) is 1.62. The number of hydrogen-bond donors (Lipinski definition) is 2. The van der Waals surface area contributed by atoms with Crippen molar-refractivity contribution < 1.29 is 19.1 Å². The number of nitrogens with one attached hydrogen (secondary N) is 2. The van der Waals surface area contributed by atoms with E-state index < -0.39 is 29.3 Å². The zero-order valence-corrected chi connectivity index (χ0v) is 24.9. The predicted octanol–water partition coefficient (Wildman–Crippen LogP) is 5.53. The van der Waals surface area contributed by atoms with Crippen LogP contribution in [0, 0.1) is 13.8 Å². The Kier molecular flexibility index (Phi) is 11.8. The second-order valence-corrected chi connectivity index (χ2v) is 12.4. The van der Waals surface area contributed by atoms with Crippen LogP contribution in [-0.4, -0.2) is 58.0 Å². The minimum absolute atomic E-state index is 0.245. The van der Waals surface area contributed by atoms with Crippen LogP contribution in [0.25, 0.3) is 0 Å². The third-order valence-corrected chi connectivity index (χ3v) is 6.53. The van der Waals surface area contributed by atoms with Crippen LogP contribution in [0.15, 0.2) is 18.2 Å². The normalized spacial score (nSPS) is 14.4. The lowest BCUT2D eigenvalue weighted by molar-refractivity contribution is -0.145. The molecule has 8 heteroatoms. The minimum Gasteiger partial charge on any atom is -0.444 e. The van der Waals surface area contributed by atoms with Gasteiger partial charge in [0.25, 0.3) is 0 Å². The van der Waals surface area contributed by atoms with E-state index in [1.807, 2.05) is 72.9 Å². The molecule has 1 aromatic carbocycles. The number of ether oxygens (including phenoxy) is 1. The molecular weight excluding hydrogens is 474 g/mol. The Labute approximate surface area is 222 Å². The number of amides is 3. The van der Waals surface area contributed by atoms with Gasteiger partial charge in [0.2, 0.25) is 11.8 Å². The lowest BCUT2D eigenvalue weighted by Crippen LogP contribution is -2.57. The molecule has 0 aliphatic rings. The zero-order valence-electron chi connectivity index (χ0n) is 24.1. The highest BCUT2D eigenvalue weighted by Crippen LogP contribution is 2.30. The number of benzene rings is 1. The molecule has 1 aromatic rings. The molecule has 0 aliphatic heterocycles. The number of thioether (sulfide) groups is 1. The maximum absolute atomic E-state index is 14.2. The van der Waals surface area contributed by atoms with E-state index >= 15 is 0 Å². The molecule has 3 amide bonds. The molecule has 0 bridgehead atoms. The summed E-state index contributed by atoms with van der Waals surface area (Å²) >= 11 is 1.59. The molecular formula is C28H47N3O4S. The fraction of sp³-hybridized carbons (Fsp3) is 0.679. The van der Waals surface area contributed by atoms with Crippen LogP contribution in [0.5, 0.6) is 0 Å². The molecule has 3 unspecified atom stereocenters. The molecule has 0 saturated heterocycles. The van der Waals surface area contributed by atoms with Crippen molar-refractivity contribution in [2.24, 2.45) is 0 Å². The number of alkyl carbamates (subject to hydrolysis) is 1. The smallest absolute Gasteiger partial charge is 0.408 e. The number of nitrogens with zero attached hydrogens (tertiary/aromatic N) is 1. The van der Waals surface area contributed by atoms with Crippen LogP contribution in [0.4, 0.5) is 4.79 Å². The Hall–Kier alpha value is -2.22. The summed E-state index contributed by atoms with van der Waals surface area (Å²) in [7, 11) is 0. The molecule has 0 aromatic heterocycles. The lowest BCUT2D eigenvalue weighted by Gasteiger charge is -2.40. The summed E-state index contributed by atoms with van der Waals surface area (Å²) in [6, 6.07) is 3.91. The summed E-state index contributed by atoms with van der Waals surface area (Å²) in [4.78, 5) is 42.3. The van der Waals surface area contributed by atoms with Crippen molar-refractivity contribution in [1.82, 2.24) is 15.5 Å². The highest BCUT2D eigenvalue weighted by molar-refractivity contribution is 7.98. The predicted molar refractivity (Wildman–Crippen MR) is 149 cm³/mol. The van der Waals surface area contributed by atoms with Gasteiger partial charge in [0.1, 0.15) is 17.7 Å². The third kappa shape index (κ3) is 9.68. The first-order valence-corrected chi connectivity index (χ1v) is 14.1. The average molecular weight is 522 g/mol. The van der Waals surface area contributed by atoms with Crippen molar-refractivity contribution in [3.63, 3.8) is 0 Å². The van der Waals surface area contributed by atoms with Crippen molar-refractivity contribution in [2.45, 2.75) is 111 Å². The first-order chi connectivity index (χ1) is 16.5. The van der Waals surface area contributed by atoms with Crippen LogP contribution in [-0.2, 0) is 14.3 Å². The van der Waals surface area contributed by atoms with Crippen LogP contribution >= 0.6 is 11.8 Å². The zero-order chi connectivity index (χ0) is 27.8. The van der Waals surface area contributed by atoms with Crippen molar-refractivity contribution in [3.8, 4) is 0 Å². The molecule has 7 nitrogen and oxygen atoms in total. The van der Waals surface area contributed by atoms with Gasteiger partial charge in [-0.25, -0.2) is 4.79 Å². The number of rotatable bonds is 10. The SMILES string of the molecule is CCC(C)N(C(=O)C(CCSC)NC(=O)OC(C)(C)C)C(C(=O)NC(C)(C)C)c1cccc(C)c1C.